The molecule has 0 aliphatic rings. The van der Waals surface area contributed by atoms with Crippen LogP contribution in [0.5, 0.6) is 0 Å². The third kappa shape index (κ3) is 1.62. The Morgan fingerprint density at radius 3 is 2.50 bits per heavy atom. The minimum absolute atomic E-state index is 0.443. The maximum atomic E-state index is 5.45. The van der Waals surface area contributed by atoms with Crippen LogP contribution in [0.15, 0.2) is 18.6 Å². The molecule has 0 aliphatic heterocycles. The first-order chi connectivity index (χ1) is 6.79. The fourth-order valence-corrected chi connectivity index (χ4v) is 1.09. The molecule has 72 valence electrons. The van der Waals surface area contributed by atoms with Crippen molar-refractivity contribution in [3.05, 3.63) is 29.8 Å². The highest BCUT2D eigenvalue weighted by Gasteiger charge is 2.04. The van der Waals surface area contributed by atoms with Crippen molar-refractivity contribution in [1.29, 1.82) is 0 Å². The van der Waals surface area contributed by atoms with Gasteiger partial charge in [0.25, 0.3) is 0 Å². The van der Waals surface area contributed by atoms with E-state index in [9.17, 15) is 0 Å². The van der Waals surface area contributed by atoms with Crippen molar-refractivity contribution in [1.82, 2.24) is 19.9 Å². The van der Waals surface area contributed by atoms with Crippen LogP contribution in [-0.2, 0) is 6.54 Å². The quantitative estimate of drug-likeness (QED) is 0.726. The van der Waals surface area contributed by atoms with E-state index in [4.69, 9.17) is 5.73 Å². The van der Waals surface area contributed by atoms with Gasteiger partial charge in [0.15, 0.2) is 11.6 Å². The average Bonchev–Trinajstić information content (AvgIpc) is 2.67. The Morgan fingerprint density at radius 2 is 1.93 bits per heavy atom. The van der Waals surface area contributed by atoms with Crippen LogP contribution in [0, 0.1) is 6.92 Å². The molecule has 2 aromatic rings. The summed E-state index contributed by atoms with van der Waals surface area (Å²) in [5, 5.41) is 0. The van der Waals surface area contributed by atoms with Gasteiger partial charge in [-0.1, -0.05) is 0 Å². The van der Waals surface area contributed by atoms with Crippen molar-refractivity contribution in [3.63, 3.8) is 0 Å². The Balaban J connectivity index is 2.34. The highest BCUT2D eigenvalue weighted by molar-refractivity contribution is 5.42. The van der Waals surface area contributed by atoms with Crippen LogP contribution in [0.4, 0.5) is 0 Å². The molecule has 0 fully saturated rings. The van der Waals surface area contributed by atoms with E-state index in [1.54, 1.807) is 18.6 Å². The van der Waals surface area contributed by atoms with Crippen molar-refractivity contribution in [2.24, 2.45) is 5.73 Å². The number of imidazole rings is 1. The molecule has 0 saturated carbocycles. The third-order valence-electron chi connectivity index (χ3n) is 1.84. The number of aromatic nitrogens is 4. The minimum atomic E-state index is 0.443. The number of hydrogen-bond donors (Lipinski definition) is 2. The highest BCUT2D eigenvalue weighted by atomic mass is 15.0. The molecule has 14 heavy (non-hydrogen) atoms. The lowest BCUT2D eigenvalue weighted by atomic mass is 10.4. The van der Waals surface area contributed by atoms with E-state index in [0.717, 1.165) is 11.3 Å². The largest absolute Gasteiger partial charge is 0.338 e. The Labute approximate surface area is 81.4 Å². The van der Waals surface area contributed by atoms with Gasteiger partial charge in [-0.05, 0) is 12.5 Å². The van der Waals surface area contributed by atoms with E-state index in [0.29, 0.717) is 18.2 Å². The molecule has 0 aromatic carbocycles. The van der Waals surface area contributed by atoms with E-state index < -0.39 is 0 Å². The average molecular weight is 189 g/mol. The predicted octanol–water partition coefficient (Wildman–Crippen LogP) is 0.634. The van der Waals surface area contributed by atoms with Crippen LogP contribution >= 0.6 is 0 Å². The summed E-state index contributed by atoms with van der Waals surface area (Å²) in [6, 6.07) is 0. The van der Waals surface area contributed by atoms with E-state index >= 15 is 0 Å². The van der Waals surface area contributed by atoms with Gasteiger partial charge in [0, 0.05) is 24.6 Å². The molecule has 0 radical (unpaired) electrons. The second-order valence-corrected chi connectivity index (χ2v) is 3.05. The summed E-state index contributed by atoms with van der Waals surface area (Å²) in [7, 11) is 0. The van der Waals surface area contributed by atoms with Crippen molar-refractivity contribution in [2.45, 2.75) is 13.5 Å². The summed E-state index contributed by atoms with van der Waals surface area (Å²) in [4.78, 5) is 15.5. The number of nitrogens with zero attached hydrogens (tertiary/aromatic N) is 3. The molecule has 0 atom stereocenters. The fourth-order valence-electron chi connectivity index (χ4n) is 1.09. The number of rotatable bonds is 2. The molecule has 0 saturated heterocycles. The number of nitrogens with two attached hydrogens (primary N) is 1. The third-order valence-corrected chi connectivity index (χ3v) is 1.84. The van der Waals surface area contributed by atoms with Crippen LogP contribution in [-0.4, -0.2) is 19.9 Å². The van der Waals surface area contributed by atoms with Crippen molar-refractivity contribution < 1.29 is 0 Å². The Hall–Kier alpha value is -1.75. The van der Waals surface area contributed by atoms with Gasteiger partial charge in [-0.2, -0.15) is 0 Å². The second-order valence-electron chi connectivity index (χ2n) is 3.05. The summed E-state index contributed by atoms with van der Waals surface area (Å²) in [6.45, 7) is 2.39. The van der Waals surface area contributed by atoms with Crippen LogP contribution in [0.25, 0.3) is 11.6 Å². The standard InChI is InChI=1S/C9H11N5/c1-6-3-11-8(12-4-6)9-13-5-7(2-10)14-9/h3-5H,2,10H2,1H3,(H,13,14). The predicted molar refractivity (Wildman–Crippen MR) is 52.2 cm³/mol. The van der Waals surface area contributed by atoms with Crippen molar-refractivity contribution >= 4 is 0 Å². The Morgan fingerprint density at radius 1 is 1.21 bits per heavy atom. The van der Waals surface area contributed by atoms with E-state index in [1.165, 1.54) is 0 Å². The molecule has 2 aromatic heterocycles. The first-order valence-corrected chi connectivity index (χ1v) is 4.32. The van der Waals surface area contributed by atoms with Crippen molar-refractivity contribution in [3.8, 4) is 11.6 Å². The Kier molecular flexibility index (Phi) is 2.24. The van der Waals surface area contributed by atoms with E-state index in [1.807, 2.05) is 6.92 Å². The van der Waals surface area contributed by atoms with Gasteiger partial charge in [0.2, 0.25) is 0 Å². The number of nitrogens with one attached hydrogen (secondary N) is 1. The zero-order chi connectivity index (χ0) is 9.97. The van der Waals surface area contributed by atoms with Gasteiger partial charge in [-0.15, -0.1) is 0 Å². The Bertz CT molecular complexity index is 417. The van der Waals surface area contributed by atoms with Crippen LogP contribution in [0.3, 0.4) is 0 Å². The van der Waals surface area contributed by atoms with Crippen molar-refractivity contribution in [2.75, 3.05) is 0 Å². The molecular weight excluding hydrogens is 178 g/mol. The number of aromatic amines is 1. The SMILES string of the molecule is Cc1cnc(-c2ncc(CN)[nH]2)nc1. The molecule has 2 rings (SSSR count). The topological polar surface area (TPSA) is 80.5 Å². The summed E-state index contributed by atoms with van der Waals surface area (Å²) >= 11 is 0. The normalized spacial score (nSPS) is 10.4. The summed E-state index contributed by atoms with van der Waals surface area (Å²) in [5.74, 6) is 1.25. The molecule has 0 aliphatic carbocycles. The van der Waals surface area contributed by atoms with E-state index in [2.05, 4.69) is 19.9 Å². The number of hydrogen-bond acceptors (Lipinski definition) is 4. The van der Waals surface area contributed by atoms with Gasteiger partial charge >= 0.3 is 0 Å². The first kappa shape index (κ1) is 8.83. The molecule has 2 heterocycles. The molecule has 0 unspecified atom stereocenters. The zero-order valence-corrected chi connectivity index (χ0v) is 7.86. The molecule has 5 nitrogen and oxygen atoms in total. The maximum Gasteiger partial charge on any atom is 0.195 e. The molecule has 0 bridgehead atoms. The molecule has 0 amide bonds. The lowest BCUT2D eigenvalue weighted by Gasteiger charge is -1.95. The van der Waals surface area contributed by atoms with Gasteiger partial charge in [-0.3, -0.25) is 0 Å². The first-order valence-electron chi connectivity index (χ1n) is 4.32. The molecular formula is C9H11N5. The van der Waals surface area contributed by atoms with Gasteiger partial charge in [0.1, 0.15) is 0 Å². The maximum absolute atomic E-state index is 5.45. The lowest BCUT2D eigenvalue weighted by molar-refractivity contribution is 1.01. The number of H-pyrrole nitrogens is 1. The molecule has 0 spiro atoms. The van der Waals surface area contributed by atoms with Gasteiger partial charge < -0.3 is 10.7 Å². The van der Waals surface area contributed by atoms with Crippen LogP contribution in [0.2, 0.25) is 0 Å². The molecule has 3 N–H and O–H groups in total. The lowest BCUT2D eigenvalue weighted by Crippen LogP contribution is -1.96. The summed E-state index contributed by atoms with van der Waals surface area (Å²) < 4.78 is 0. The number of aryl methyl sites for hydroxylation is 1. The van der Waals surface area contributed by atoms with Crippen LogP contribution in [0.1, 0.15) is 11.3 Å². The minimum Gasteiger partial charge on any atom is -0.338 e. The van der Waals surface area contributed by atoms with Crippen LogP contribution < -0.4 is 5.73 Å². The smallest absolute Gasteiger partial charge is 0.195 e. The van der Waals surface area contributed by atoms with Gasteiger partial charge in [-0.25, -0.2) is 15.0 Å². The molecule has 5 heteroatoms. The van der Waals surface area contributed by atoms with E-state index in [-0.39, 0.29) is 0 Å². The highest BCUT2D eigenvalue weighted by Crippen LogP contribution is 2.09. The second kappa shape index (κ2) is 3.55. The summed E-state index contributed by atoms with van der Waals surface area (Å²) in [6.07, 6.45) is 5.21. The monoisotopic (exact) mass is 189 g/mol. The fraction of sp³-hybridized carbons (Fsp3) is 0.222. The summed E-state index contributed by atoms with van der Waals surface area (Å²) in [5.41, 5.74) is 7.36. The van der Waals surface area contributed by atoms with Gasteiger partial charge in [0.05, 0.1) is 6.20 Å². The zero-order valence-electron chi connectivity index (χ0n) is 7.86.